The minimum Gasteiger partial charge on any atom is -0.489 e. The van der Waals surface area contributed by atoms with Gasteiger partial charge in [0.1, 0.15) is 18.1 Å². The molecule has 0 saturated heterocycles. The van der Waals surface area contributed by atoms with E-state index in [1.807, 2.05) is 49.4 Å². The number of carbonyl (C=O) groups excluding carboxylic acids is 1. The number of nitrogens with one attached hydrogen (secondary N) is 1. The van der Waals surface area contributed by atoms with E-state index < -0.39 is 0 Å². The summed E-state index contributed by atoms with van der Waals surface area (Å²) in [7, 11) is 0. The van der Waals surface area contributed by atoms with E-state index in [-0.39, 0.29) is 12.5 Å². The van der Waals surface area contributed by atoms with Crippen molar-refractivity contribution in [1.29, 1.82) is 0 Å². The first-order chi connectivity index (χ1) is 12.1. The maximum atomic E-state index is 11.8. The first kappa shape index (κ1) is 18.7. The van der Waals surface area contributed by atoms with Crippen molar-refractivity contribution in [2.24, 2.45) is 5.10 Å². The molecule has 0 spiro atoms. The third-order valence-corrected chi connectivity index (χ3v) is 3.66. The van der Waals surface area contributed by atoms with Gasteiger partial charge in [-0.25, -0.2) is 5.43 Å². The lowest BCUT2D eigenvalue weighted by atomic mass is 10.2. The van der Waals surface area contributed by atoms with Crippen molar-refractivity contribution in [2.75, 3.05) is 13.2 Å². The average molecular weight is 403 g/mol. The number of hydrazone groups is 1. The van der Waals surface area contributed by atoms with E-state index in [0.29, 0.717) is 18.1 Å². The van der Waals surface area contributed by atoms with E-state index >= 15 is 0 Å². The van der Waals surface area contributed by atoms with Gasteiger partial charge in [-0.15, -0.1) is 0 Å². The van der Waals surface area contributed by atoms with Crippen LogP contribution in [0.5, 0.6) is 11.5 Å². The van der Waals surface area contributed by atoms with Gasteiger partial charge in [-0.1, -0.05) is 40.7 Å². The number of hydrogen-bond donors (Lipinski definition) is 1. The van der Waals surface area contributed by atoms with Crippen LogP contribution < -0.4 is 14.9 Å². The second-order valence-corrected chi connectivity index (χ2v) is 6.04. The summed E-state index contributed by atoms with van der Waals surface area (Å²) in [4.78, 5) is 11.8. The largest absolute Gasteiger partial charge is 0.489 e. The summed E-state index contributed by atoms with van der Waals surface area (Å²) < 4.78 is 12.0. The highest BCUT2D eigenvalue weighted by molar-refractivity contribution is 9.10. The fourth-order valence-electron chi connectivity index (χ4n) is 1.99. The van der Waals surface area contributed by atoms with Gasteiger partial charge in [0, 0.05) is 10.0 Å². The molecule has 0 atom stereocenters. The number of rotatable bonds is 8. The van der Waals surface area contributed by atoms with Crippen LogP contribution in [0.3, 0.4) is 0 Å². The number of hydrogen-bond acceptors (Lipinski definition) is 4. The highest BCUT2D eigenvalue weighted by Crippen LogP contribution is 2.22. The molecular weight excluding hydrogens is 384 g/mol. The second-order valence-electron chi connectivity index (χ2n) is 5.13. The molecular formula is C19H19BrN2O3. The Labute approximate surface area is 155 Å². The Morgan fingerprint density at radius 2 is 2.04 bits per heavy atom. The molecule has 0 fully saturated rings. The molecule has 0 radical (unpaired) electrons. The quantitative estimate of drug-likeness (QED) is 0.414. The fraction of sp³-hybridized carbons (Fsp3) is 0.158. The summed E-state index contributed by atoms with van der Waals surface area (Å²) >= 11 is 3.38. The second kappa shape index (κ2) is 9.64. The fourth-order valence-corrected chi connectivity index (χ4v) is 2.47. The summed E-state index contributed by atoms with van der Waals surface area (Å²) in [6, 6.07) is 13.0. The molecule has 0 heterocycles. The van der Waals surface area contributed by atoms with E-state index in [1.165, 1.54) is 6.21 Å². The molecule has 25 heavy (non-hydrogen) atoms. The van der Waals surface area contributed by atoms with Crippen LogP contribution in [-0.2, 0) is 4.79 Å². The third kappa shape index (κ3) is 6.08. The zero-order valence-corrected chi connectivity index (χ0v) is 15.5. The lowest BCUT2D eigenvalue weighted by molar-refractivity contribution is -0.123. The maximum absolute atomic E-state index is 11.8. The van der Waals surface area contributed by atoms with Gasteiger partial charge >= 0.3 is 0 Å². The molecule has 2 aromatic rings. The SMILES string of the molecule is C=CCOc1ccccc1/C=N/NC(=O)COc1ccc(Br)cc1C. The summed E-state index contributed by atoms with van der Waals surface area (Å²) in [5.41, 5.74) is 4.14. The Balaban J connectivity index is 1.87. The monoisotopic (exact) mass is 402 g/mol. The number of nitrogens with zero attached hydrogens (tertiary/aromatic N) is 1. The predicted molar refractivity (Wildman–Crippen MR) is 102 cm³/mol. The number of para-hydroxylation sites is 1. The molecule has 1 N–H and O–H groups in total. The zero-order chi connectivity index (χ0) is 18.1. The predicted octanol–water partition coefficient (Wildman–Crippen LogP) is 3.85. The first-order valence-electron chi connectivity index (χ1n) is 7.63. The molecule has 2 rings (SSSR count). The number of benzene rings is 2. The lowest BCUT2D eigenvalue weighted by Gasteiger charge is -2.08. The summed E-state index contributed by atoms with van der Waals surface area (Å²) in [5.74, 6) is 0.982. The molecule has 0 aliphatic carbocycles. The number of ether oxygens (including phenoxy) is 2. The van der Waals surface area contributed by atoms with Crippen molar-refractivity contribution in [3.05, 3.63) is 70.7 Å². The Kier molecular flexibility index (Phi) is 7.22. The molecule has 0 aromatic heterocycles. The van der Waals surface area contributed by atoms with Crippen LogP contribution in [0.15, 0.2) is 64.7 Å². The first-order valence-corrected chi connectivity index (χ1v) is 8.43. The van der Waals surface area contributed by atoms with Crippen molar-refractivity contribution < 1.29 is 14.3 Å². The minimum absolute atomic E-state index is 0.117. The number of amides is 1. The summed E-state index contributed by atoms with van der Waals surface area (Å²) in [6.45, 7) is 5.81. The van der Waals surface area contributed by atoms with Crippen molar-refractivity contribution in [1.82, 2.24) is 5.43 Å². The zero-order valence-electron chi connectivity index (χ0n) is 13.9. The molecule has 2 aromatic carbocycles. The molecule has 0 aliphatic heterocycles. The van der Waals surface area contributed by atoms with Crippen molar-refractivity contribution >= 4 is 28.1 Å². The van der Waals surface area contributed by atoms with Crippen LogP contribution in [-0.4, -0.2) is 25.3 Å². The topological polar surface area (TPSA) is 59.9 Å². The minimum atomic E-state index is -0.344. The smallest absolute Gasteiger partial charge is 0.277 e. The Morgan fingerprint density at radius 3 is 2.80 bits per heavy atom. The van der Waals surface area contributed by atoms with Crippen LogP contribution in [0.1, 0.15) is 11.1 Å². The van der Waals surface area contributed by atoms with Crippen molar-refractivity contribution in [3.63, 3.8) is 0 Å². The van der Waals surface area contributed by atoms with Gasteiger partial charge in [0.25, 0.3) is 5.91 Å². The molecule has 0 saturated carbocycles. The number of aryl methyl sites for hydroxylation is 1. The van der Waals surface area contributed by atoms with Crippen LogP contribution >= 0.6 is 15.9 Å². The van der Waals surface area contributed by atoms with Crippen molar-refractivity contribution in [3.8, 4) is 11.5 Å². The van der Waals surface area contributed by atoms with Crippen LogP contribution in [0, 0.1) is 6.92 Å². The lowest BCUT2D eigenvalue weighted by Crippen LogP contribution is -2.24. The maximum Gasteiger partial charge on any atom is 0.277 e. The van der Waals surface area contributed by atoms with Gasteiger partial charge in [-0.3, -0.25) is 4.79 Å². The van der Waals surface area contributed by atoms with E-state index in [4.69, 9.17) is 9.47 Å². The van der Waals surface area contributed by atoms with E-state index in [0.717, 1.165) is 15.6 Å². The van der Waals surface area contributed by atoms with E-state index in [9.17, 15) is 4.79 Å². The highest BCUT2D eigenvalue weighted by Gasteiger charge is 2.05. The molecule has 1 amide bonds. The Morgan fingerprint density at radius 1 is 1.24 bits per heavy atom. The Bertz CT molecular complexity index is 775. The molecule has 6 heteroatoms. The van der Waals surface area contributed by atoms with Crippen molar-refractivity contribution in [2.45, 2.75) is 6.92 Å². The highest BCUT2D eigenvalue weighted by atomic mass is 79.9. The molecule has 0 aliphatic rings. The van der Waals surface area contributed by atoms with E-state index in [2.05, 4.69) is 33.0 Å². The molecule has 130 valence electrons. The van der Waals surface area contributed by atoms with Crippen LogP contribution in [0.25, 0.3) is 0 Å². The standard InChI is InChI=1S/C19H19BrN2O3/c1-3-10-24-18-7-5-4-6-15(18)12-21-22-19(23)13-25-17-9-8-16(20)11-14(17)2/h3-9,11-12H,1,10,13H2,2H3,(H,22,23)/b21-12+. The van der Waals surface area contributed by atoms with Gasteiger partial charge in [-0.05, 0) is 42.8 Å². The third-order valence-electron chi connectivity index (χ3n) is 3.16. The number of halogens is 1. The van der Waals surface area contributed by atoms with Gasteiger partial charge in [0.2, 0.25) is 0 Å². The Hall–Kier alpha value is -2.60. The molecule has 0 bridgehead atoms. The van der Waals surface area contributed by atoms with Crippen LogP contribution in [0.2, 0.25) is 0 Å². The van der Waals surface area contributed by atoms with E-state index in [1.54, 1.807) is 6.08 Å². The number of carbonyl (C=O) groups is 1. The summed E-state index contributed by atoms with van der Waals surface area (Å²) in [5, 5.41) is 3.94. The van der Waals surface area contributed by atoms with Crippen LogP contribution in [0.4, 0.5) is 0 Å². The van der Waals surface area contributed by atoms with Gasteiger partial charge in [0.15, 0.2) is 6.61 Å². The summed E-state index contributed by atoms with van der Waals surface area (Å²) in [6.07, 6.45) is 3.19. The van der Waals surface area contributed by atoms with Gasteiger partial charge in [-0.2, -0.15) is 5.10 Å². The normalized spacial score (nSPS) is 10.5. The van der Waals surface area contributed by atoms with Gasteiger partial charge in [0.05, 0.1) is 6.21 Å². The molecule has 5 nitrogen and oxygen atoms in total. The average Bonchev–Trinajstić information content (AvgIpc) is 2.60. The molecule has 0 unspecified atom stereocenters. The van der Waals surface area contributed by atoms with Gasteiger partial charge < -0.3 is 9.47 Å².